The Kier molecular flexibility index (Phi) is 5.56. The Morgan fingerprint density at radius 1 is 1.56 bits per heavy atom. The van der Waals surface area contributed by atoms with E-state index in [-0.39, 0.29) is 0 Å². The van der Waals surface area contributed by atoms with Gasteiger partial charge in [-0.3, -0.25) is 0 Å². The molecule has 0 radical (unpaired) electrons. The molecule has 0 aromatic carbocycles. The van der Waals surface area contributed by atoms with E-state index in [9.17, 15) is 0 Å². The zero-order chi connectivity index (χ0) is 7.11. The predicted molar refractivity (Wildman–Crippen MR) is 40.8 cm³/mol. The Labute approximate surface area is 59.8 Å². The monoisotopic (exact) mass is 148 g/mol. The summed E-state index contributed by atoms with van der Waals surface area (Å²) in [6.07, 6.45) is 1.97. The lowest BCUT2D eigenvalue weighted by molar-refractivity contribution is 0.114. The molecule has 0 aliphatic heterocycles. The average Bonchev–Trinajstić information content (AvgIpc) is 1.88. The van der Waals surface area contributed by atoms with Crippen molar-refractivity contribution in [2.75, 3.05) is 20.4 Å². The molecular weight excluding hydrogens is 136 g/mol. The minimum atomic E-state index is 0.727. The van der Waals surface area contributed by atoms with E-state index in [1.165, 1.54) is 0 Å². The predicted octanol–water partition coefficient (Wildman–Crippen LogP) is 0.519. The standard InChI is InChI=1S/C5H12N2OS/c1-6-5(4-9-3)8-7-2/h4,6-7H,1-3H3/b5-4+. The number of hydrogen-bond donors (Lipinski definition) is 2. The topological polar surface area (TPSA) is 33.3 Å². The van der Waals surface area contributed by atoms with E-state index in [1.807, 2.05) is 11.7 Å². The Morgan fingerprint density at radius 2 is 2.22 bits per heavy atom. The van der Waals surface area contributed by atoms with Crippen molar-refractivity contribution in [3.05, 3.63) is 11.3 Å². The molecule has 0 heterocycles. The fourth-order valence-electron chi connectivity index (χ4n) is 0.351. The molecule has 9 heavy (non-hydrogen) atoms. The first-order valence-corrected chi connectivity index (χ1v) is 3.88. The molecule has 0 aliphatic carbocycles. The average molecular weight is 148 g/mol. The van der Waals surface area contributed by atoms with Crippen LogP contribution in [0.5, 0.6) is 0 Å². The Morgan fingerprint density at radius 3 is 2.56 bits per heavy atom. The quantitative estimate of drug-likeness (QED) is 0.450. The fourth-order valence-corrected chi connectivity index (χ4v) is 0.731. The van der Waals surface area contributed by atoms with Crippen molar-refractivity contribution in [2.24, 2.45) is 0 Å². The molecule has 0 atom stereocenters. The lowest BCUT2D eigenvalue weighted by Crippen LogP contribution is -2.16. The van der Waals surface area contributed by atoms with E-state index in [4.69, 9.17) is 4.84 Å². The van der Waals surface area contributed by atoms with E-state index in [2.05, 4.69) is 10.8 Å². The van der Waals surface area contributed by atoms with E-state index in [0.29, 0.717) is 0 Å². The van der Waals surface area contributed by atoms with Crippen LogP contribution in [0, 0.1) is 0 Å². The normalized spacial score (nSPS) is 11.2. The van der Waals surface area contributed by atoms with Gasteiger partial charge in [0.15, 0.2) is 0 Å². The van der Waals surface area contributed by atoms with Gasteiger partial charge in [0.05, 0.1) is 0 Å². The van der Waals surface area contributed by atoms with Crippen molar-refractivity contribution in [3.8, 4) is 0 Å². The highest BCUT2D eigenvalue weighted by Crippen LogP contribution is 1.98. The summed E-state index contributed by atoms with van der Waals surface area (Å²) in [5.74, 6) is 0.727. The first-order valence-electron chi connectivity index (χ1n) is 2.59. The second-order valence-electron chi connectivity index (χ2n) is 1.27. The summed E-state index contributed by atoms with van der Waals surface area (Å²) in [7, 11) is 3.52. The maximum absolute atomic E-state index is 4.91. The highest BCUT2D eigenvalue weighted by molar-refractivity contribution is 8.01. The van der Waals surface area contributed by atoms with Crippen molar-refractivity contribution in [2.45, 2.75) is 0 Å². The van der Waals surface area contributed by atoms with Gasteiger partial charge < -0.3 is 10.2 Å². The second-order valence-corrected chi connectivity index (χ2v) is 1.98. The summed E-state index contributed by atoms with van der Waals surface area (Å²) in [5, 5.41) is 4.73. The van der Waals surface area contributed by atoms with Crippen LogP contribution in [0.3, 0.4) is 0 Å². The largest absolute Gasteiger partial charge is 0.391 e. The third kappa shape index (κ3) is 4.17. The lowest BCUT2D eigenvalue weighted by Gasteiger charge is -2.04. The molecule has 0 fully saturated rings. The van der Waals surface area contributed by atoms with E-state index >= 15 is 0 Å². The van der Waals surface area contributed by atoms with Gasteiger partial charge in [0, 0.05) is 19.5 Å². The molecule has 0 aliphatic rings. The molecule has 2 N–H and O–H groups in total. The molecule has 0 unspecified atom stereocenters. The number of rotatable bonds is 4. The molecule has 0 spiro atoms. The van der Waals surface area contributed by atoms with Gasteiger partial charge in [-0.15, -0.1) is 11.8 Å². The van der Waals surface area contributed by atoms with Crippen LogP contribution < -0.4 is 10.8 Å². The number of hydroxylamine groups is 1. The lowest BCUT2D eigenvalue weighted by atomic mass is 10.9. The highest BCUT2D eigenvalue weighted by atomic mass is 32.2. The summed E-state index contributed by atoms with van der Waals surface area (Å²) >= 11 is 1.58. The van der Waals surface area contributed by atoms with Crippen molar-refractivity contribution in [3.63, 3.8) is 0 Å². The van der Waals surface area contributed by atoms with E-state index < -0.39 is 0 Å². The summed E-state index contributed by atoms with van der Waals surface area (Å²) in [4.78, 5) is 4.91. The Balaban J connectivity index is 3.53. The van der Waals surface area contributed by atoms with E-state index in [1.54, 1.807) is 25.9 Å². The Hall–Kier alpha value is -0.350. The van der Waals surface area contributed by atoms with Gasteiger partial charge in [-0.05, 0) is 6.26 Å². The van der Waals surface area contributed by atoms with Gasteiger partial charge in [-0.25, -0.2) is 0 Å². The number of thioether (sulfide) groups is 1. The maximum Gasteiger partial charge on any atom is 0.218 e. The summed E-state index contributed by atoms with van der Waals surface area (Å²) in [5.41, 5.74) is 2.56. The molecule has 0 aromatic heterocycles. The molecule has 0 saturated carbocycles. The zero-order valence-electron chi connectivity index (χ0n) is 5.89. The van der Waals surface area contributed by atoms with Gasteiger partial charge in [0.1, 0.15) is 0 Å². The molecule has 0 rings (SSSR count). The highest BCUT2D eigenvalue weighted by Gasteiger charge is 1.87. The maximum atomic E-state index is 4.91. The smallest absolute Gasteiger partial charge is 0.218 e. The number of nitrogens with one attached hydrogen (secondary N) is 2. The first-order chi connectivity index (χ1) is 4.35. The summed E-state index contributed by atoms with van der Waals surface area (Å²) < 4.78 is 0. The second kappa shape index (κ2) is 5.78. The molecule has 3 nitrogen and oxygen atoms in total. The summed E-state index contributed by atoms with van der Waals surface area (Å²) in [6, 6.07) is 0. The molecule has 0 amide bonds. The molecule has 54 valence electrons. The van der Waals surface area contributed by atoms with Crippen LogP contribution in [-0.2, 0) is 4.84 Å². The third-order valence-electron chi connectivity index (χ3n) is 0.683. The van der Waals surface area contributed by atoms with Crippen molar-refractivity contribution < 1.29 is 4.84 Å². The van der Waals surface area contributed by atoms with Crippen LogP contribution in [0.4, 0.5) is 0 Å². The van der Waals surface area contributed by atoms with Crippen molar-refractivity contribution >= 4 is 11.8 Å². The molecule has 0 bridgehead atoms. The van der Waals surface area contributed by atoms with Crippen LogP contribution in [0.25, 0.3) is 0 Å². The zero-order valence-corrected chi connectivity index (χ0v) is 6.71. The van der Waals surface area contributed by atoms with Gasteiger partial charge >= 0.3 is 0 Å². The van der Waals surface area contributed by atoms with Gasteiger partial charge in [-0.2, -0.15) is 5.48 Å². The molecule has 4 heteroatoms. The minimum absolute atomic E-state index is 0.727. The molecule has 0 saturated heterocycles. The van der Waals surface area contributed by atoms with Crippen LogP contribution in [0.1, 0.15) is 0 Å². The van der Waals surface area contributed by atoms with Crippen molar-refractivity contribution in [1.82, 2.24) is 10.8 Å². The van der Waals surface area contributed by atoms with Gasteiger partial charge in [-0.1, -0.05) is 0 Å². The minimum Gasteiger partial charge on any atom is -0.391 e. The van der Waals surface area contributed by atoms with Crippen LogP contribution >= 0.6 is 11.8 Å². The third-order valence-corrected chi connectivity index (χ3v) is 1.13. The van der Waals surface area contributed by atoms with Gasteiger partial charge in [0.2, 0.25) is 5.88 Å². The SMILES string of the molecule is CNO/C(=C/SC)NC. The first kappa shape index (κ1) is 8.65. The van der Waals surface area contributed by atoms with Crippen LogP contribution in [-0.4, -0.2) is 20.4 Å². The molecular formula is C5H12N2OS. The number of hydrogen-bond acceptors (Lipinski definition) is 4. The summed E-state index contributed by atoms with van der Waals surface area (Å²) in [6.45, 7) is 0. The van der Waals surface area contributed by atoms with Crippen LogP contribution in [0.15, 0.2) is 11.3 Å². The van der Waals surface area contributed by atoms with Crippen molar-refractivity contribution in [1.29, 1.82) is 0 Å². The Bertz CT molecular complexity index is 95.0. The van der Waals surface area contributed by atoms with Gasteiger partial charge in [0.25, 0.3) is 0 Å². The fraction of sp³-hybridized carbons (Fsp3) is 0.600. The molecule has 0 aromatic rings. The van der Waals surface area contributed by atoms with Crippen LogP contribution in [0.2, 0.25) is 0 Å². The van der Waals surface area contributed by atoms with E-state index in [0.717, 1.165) is 5.88 Å².